The average molecular weight is 242 g/mol. The first-order chi connectivity index (χ1) is 8.17. The number of rotatable bonds is 5. The zero-order valence-electron chi connectivity index (χ0n) is 10.7. The lowest BCUT2D eigenvalue weighted by Crippen LogP contribution is -2.52. The van der Waals surface area contributed by atoms with Gasteiger partial charge in [0.05, 0.1) is 13.1 Å². The number of hydrogen-bond acceptors (Lipinski definition) is 4. The van der Waals surface area contributed by atoms with Crippen LogP contribution in [0.25, 0.3) is 0 Å². The Morgan fingerprint density at radius 1 is 1.18 bits per heavy atom. The molecule has 1 aliphatic rings. The third-order valence-corrected chi connectivity index (χ3v) is 2.79. The first-order valence-electron chi connectivity index (χ1n) is 6.08. The van der Waals surface area contributed by atoms with Crippen molar-refractivity contribution in [2.45, 2.75) is 6.92 Å². The van der Waals surface area contributed by atoms with Crippen LogP contribution < -0.4 is 10.6 Å². The van der Waals surface area contributed by atoms with Gasteiger partial charge in [0.1, 0.15) is 0 Å². The van der Waals surface area contributed by atoms with Gasteiger partial charge in [0.25, 0.3) is 0 Å². The van der Waals surface area contributed by atoms with Crippen LogP contribution in [-0.4, -0.2) is 74.5 Å². The fourth-order valence-corrected chi connectivity index (χ4v) is 1.87. The molecule has 1 aliphatic heterocycles. The van der Waals surface area contributed by atoms with E-state index < -0.39 is 0 Å². The molecular weight excluding hydrogens is 220 g/mol. The second-order valence-electron chi connectivity index (χ2n) is 4.14. The lowest BCUT2D eigenvalue weighted by molar-refractivity contribution is -0.132. The summed E-state index contributed by atoms with van der Waals surface area (Å²) in [5.41, 5.74) is 0. The number of amides is 2. The Balaban J connectivity index is 2.26. The van der Waals surface area contributed by atoms with Gasteiger partial charge in [-0.05, 0) is 14.0 Å². The van der Waals surface area contributed by atoms with Gasteiger partial charge in [0, 0.05) is 32.7 Å². The number of piperazine rings is 1. The Labute approximate surface area is 102 Å². The molecule has 0 saturated carbocycles. The van der Waals surface area contributed by atoms with Gasteiger partial charge in [0.2, 0.25) is 11.8 Å². The van der Waals surface area contributed by atoms with E-state index in [-0.39, 0.29) is 11.8 Å². The van der Waals surface area contributed by atoms with E-state index in [0.717, 1.165) is 13.1 Å². The van der Waals surface area contributed by atoms with Crippen molar-refractivity contribution in [2.24, 2.45) is 0 Å². The summed E-state index contributed by atoms with van der Waals surface area (Å²) in [6.07, 6.45) is 0. The molecule has 6 heteroatoms. The van der Waals surface area contributed by atoms with E-state index >= 15 is 0 Å². The number of carbonyl (C=O) groups excluding carboxylic acids is 2. The van der Waals surface area contributed by atoms with Crippen molar-refractivity contribution in [1.29, 1.82) is 0 Å². The quantitative estimate of drug-likeness (QED) is 0.615. The Bertz CT molecular complexity index is 262. The van der Waals surface area contributed by atoms with E-state index in [9.17, 15) is 9.59 Å². The molecule has 17 heavy (non-hydrogen) atoms. The van der Waals surface area contributed by atoms with Crippen molar-refractivity contribution >= 4 is 11.8 Å². The Hall–Kier alpha value is -1.14. The monoisotopic (exact) mass is 242 g/mol. The van der Waals surface area contributed by atoms with Crippen LogP contribution in [-0.2, 0) is 9.59 Å². The third kappa shape index (κ3) is 4.70. The number of carbonyl (C=O) groups is 2. The number of nitrogens with one attached hydrogen (secondary N) is 2. The minimum Gasteiger partial charge on any atom is -0.355 e. The molecule has 0 atom stereocenters. The Morgan fingerprint density at radius 3 is 2.35 bits per heavy atom. The van der Waals surface area contributed by atoms with Gasteiger partial charge < -0.3 is 15.5 Å². The van der Waals surface area contributed by atoms with Crippen molar-refractivity contribution in [2.75, 3.05) is 52.9 Å². The van der Waals surface area contributed by atoms with Crippen LogP contribution >= 0.6 is 0 Å². The standard InChI is InChI=1S/C11H22N4O2/c1-3-13-10(16)9-14-4-6-15(7-5-14)11(17)8-12-2/h12H,3-9H2,1-2H3,(H,13,16). The second kappa shape index (κ2) is 7.24. The molecule has 1 fully saturated rings. The lowest BCUT2D eigenvalue weighted by Gasteiger charge is -2.34. The van der Waals surface area contributed by atoms with Crippen molar-refractivity contribution < 1.29 is 9.59 Å². The number of hydrogen-bond donors (Lipinski definition) is 2. The summed E-state index contributed by atoms with van der Waals surface area (Å²) in [5, 5.41) is 5.63. The summed E-state index contributed by atoms with van der Waals surface area (Å²) >= 11 is 0. The highest BCUT2D eigenvalue weighted by atomic mass is 16.2. The smallest absolute Gasteiger partial charge is 0.236 e. The van der Waals surface area contributed by atoms with Crippen molar-refractivity contribution in [3.63, 3.8) is 0 Å². The topological polar surface area (TPSA) is 64.7 Å². The highest BCUT2D eigenvalue weighted by molar-refractivity contribution is 5.79. The average Bonchev–Trinajstić information content (AvgIpc) is 2.30. The third-order valence-electron chi connectivity index (χ3n) is 2.79. The molecule has 0 aromatic rings. The minimum atomic E-state index is 0.0579. The predicted molar refractivity (Wildman–Crippen MR) is 65.6 cm³/mol. The maximum atomic E-state index is 11.6. The summed E-state index contributed by atoms with van der Waals surface area (Å²) in [7, 11) is 1.77. The van der Waals surface area contributed by atoms with Crippen molar-refractivity contribution in [1.82, 2.24) is 20.4 Å². The molecular formula is C11H22N4O2. The molecule has 0 aromatic heterocycles. The Morgan fingerprint density at radius 2 is 1.82 bits per heavy atom. The largest absolute Gasteiger partial charge is 0.355 e. The van der Waals surface area contributed by atoms with Crippen LogP contribution in [0.4, 0.5) is 0 Å². The molecule has 2 N–H and O–H groups in total. The van der Waals surface area contributed by atoms with E-state index in [1.165, 1.54) is 0 Å². The van der Waals surface area contributed by atoms with Gasteiger partial charge in [0.15, 0.2) is 0 Å². The molecule has 0 unspecified atom stereocenters. The minimum absolute atomic E-state index is 0.0579. The van der Waals surface area contributed by atoms with Crippen LogP contribution in [0.15, 0.2) is 0 Å². The van der Waals surface area contributed by atoms with Crippen LogP contribution in [0, 0.1) is 0 Å². The summed E-state index contributed by atoms with van der Waals surface area (Å²) in [6, 6.07) is 0. The van der Waals surface area contributed by atoms with Gasteiger partial charge in [-0.2, -0.15) is 0 Å². The highest BCUT2D eigenvalue weighted by Gasteiger charge is 2.21. The summed E-state index contributed by atoms with van der Waals surface area (Å²) in [6.45, 7) is 6.35. The van der Waals surface area contributed by atoms with E-state index in [2.05, 4.69) is 15.5 Å². The predicted octanol–water partition coefficient (Wildman–Crippen LogP) is -1.51. The van der Waals surface area contributed by atoms with E-state index in [1.807, 2.05) is 11.8 Å². The summed E-state index contributed by atoms with van der Waals surface area (Å²) in [5.74, 6) is 0.188. The van der Waals surface area contributed by atoms with E-state index in [4.69, 9.17) is 0 Å². The normalized spacial score (nSPS) is 16.9. The Kier molecular flexibility index (Phi) is 5.93. The maximum Gasteiger partial charge on any atom is 0.236 e. The molecule has 0 aromatic carbocycles. The first kappa shape index (κ1) is 13.9. The molecule has 2 amide bonds. The van der Waals surface area contributed by atoms with Gasteiger partial charge in [-0.15, -0.1) is 0 Å². The van der Waals surface area contributed by atoms with Crippen LogP contribution in [0.5, 0.6) is 0 Å². The fraction of sp³-hybridized carbons (Fsp3) is 0.818. The molecule has 0 radical (unpaired) electrons. The maximum absolute atomic E-state index is 11.6. The second-order valence-corrected chi connectivity index (χ2v) is 4.14. The van der Waals surface area contributed by atoms with E-state index in [0.29, 0.717) is 32.7 Å². The summed E-state index contributed by atoms with van der Waals surface area (Å²) in [4.78, 5) is 26.9. The number of likely N-dealkylation sites (N-methyl/N-ethyl adjacent to an activating group) is 2. The zero-order chi connectivity index (χ0) is 12.7. The fourth-order valence-electron chi connectivity index (χ4n) is 1.87. The lowest BCUT2D eigenvalue weighted by atomic mass is 10.3. The molecule has 1 rings (SSSR count). The van der Waals surface area contributed by atoms with Gasteiger partial charge >= 0.3 is 0 Å². The van der Waals surface area contributed by atoms with E-state index in [1.54, 1.807) is 7.05 Å². The molecule has 98 valence electrons. The zero-order valence-corrected chi connectivity index (χ0v) is 10.7. The van der Waals surface area contributed by atoms with Crippen LogP contribution in [0.2, 0.25) is 0 Å². The molecule has 1 saturated heterocycles. The van der Waals surface area contributed by atoms with Gasteiger partial charge in [-0.25, -0.2) is 0 Å². The summed E-state index contributed by atoms with van der Waals surface area (Å²) < 4.78 is 0. The highest BCUT2D eigenvalue weighted by Crippen LogP contribution is 2.01. The van der Waals surface area contributed by atoms with Crippen molar-refractivity contribution in [3.05, 3.63) is 0 Å². The SMILES string of the molecule is CCNC(=O)CN1CCN(C(=O)CNC)CC1. The van der Waals surface area contributed by atoms with Crippen molar-refractivity contribution in [3.8, 4) is 0 Å². The molecule has 0 spiro atoms. The molecule has 1 heterocycles. The number of nitrogens with zero attached hydrogens (tertiary/aromatic N) is 2. The first-order valence-corrected chi connectivity index (χ1v) is 6.08. The van der Waals surface area contributed by atoms with Gasteiger partial charge in [-0.3, -0.25) is 14.5 Å². The van der Waals surface area contributed by atoms with Crippen LogP contribution in [0.3, 0.4) is 0 Å². The van der Waals surface area contributed by atoms with Gasteiger partial charge in [-0.1, -0.05) is 0 Å². The molecule has 0 aliphatic carbocycles. The molecule has 6 nitrogen and oxygen atoms in total. The molecule has 0 bridgehead atoms. The van der Waals surface area contributed by atoms with Crippen LogP contribution in [0.1, 0.15) is 6.92 Å².